The number of hydrogen-bond donors (Lipinski definition) is 2. The fraction of sp³-hybridized carbons (Fsp3) is 0.375. The topological polar surface area (TPSA) is 97.2 Å². The van der Waals surface area contributed by atoms with Gasteiger partial charge in [-0.15, -0.1) is 11.3 Å². The van der Waals surface area contributed by atoms with E-state index in [1.807, 2.05) is 0 Å². The molecule has 8 heteroatoms. The van der Waals surface area contributed by atoms with Crippen LogP contribution >= 0.6 is 11.3 Å². The summed E-state index contributed by atoms with van der Waals surface area (Å²) in [6.07, 6.45) is 4.87. The summed E-state index contributed by atoms with van der Waals surface area (Å²) in [5.74, 6) is -0.0972. The van der Waals surface area contributed by atoms with Gasteiger partial charge in [0.05, 0.1) is 11.1 Å². The van der Waals surface area contributed by atoms with E-state index in [9.17, 15) is 14.9 Å². The van der Waals surface area contributed by atoms with Crippen molar-refractivity contribution in [2.45, 2.75) is 37.4 Å². The Bertz CT molecular complexity index is 789. The molecule has 3 atom stereocenters. The summed E-state index contributed by atoms with van der Waals surface area (Å²) >= 11 is 1.30. The average molecular weight is 344 g/mol. The predicted octanol–water partition coefficient (Wildman–Crippen LogP) is 2.34. The number of aromatic nitrogens is 1. The van der Waals surface area contributed by atoms with Crippen LogP contribution in [0.2, 0.25) is 0 Å². The van der Waals surface area contributed by atoms with Gasteiger partial charge in [0.2, 0.25) is 0 Å². The number of hydrogen-bond acceptors (Lipinski definition) is 6. The third-order valence-electron chi connectivity index (χ3n) is 4.67. The summed E-state index contributed by atoms with van der Waals surface area (Å²) in [7, 11) is 0. The van der Waals surface area contributed by atoms with Crippen molar-refractivity contribution in [2.75, 3.05) is 0 Å². The first-order valence-corrected chi connectivity index (χ1v) is 8.69. The predicted molar refractivity (Wildman–Crippen MR) is 90.0 cm³/mol. The van der Waals surface area contributed by atoms with E-state index in [2.05, 4.69) is 15.6 Å². The molecule has 0 saturated carbocycles. The average Bonchev–Trinajstić information content (AvgIpc) is 3.31. The molecule has 2 aromatic rings. The first-order chi connectivity index (χ1) is 11.6. The molecule has 4 rings (SSSR count). The van der Waals surface area contributed by atoms with E-state index in [1.54, 1.807) is 18.3 Å². The quantitative estimate of drug-likeness (QED) is 0.655. The molecule has 0 aliphatic carbocycles. The van der Waals surface area contributed by atoms with Gasteiger partial charge in [-0.25, -0.2) is 4.98 Å². The molecule has 2 bridgehead atoms. The summed E-state index contributed by atoms with van der Waals surface area (Å²) in [6, 6.07) is 7.31. The van der Waals surface area contributed by atoms with Gasteiger partial charge in [0.15, 0.2) is 0 Å². The van der Waals surface area contributed by atoms with E-state index in [1.165, 1.54) is 29.9 Å². The first kappa shape index (κ1) is 15.2. The van der Waals surface area contributed by atoms with Crippen LogP contribution in [0.3, 0.4) is 0 Å². The number of nitrogens with zero attached hydrogens (tertiary/aromatic N) is 2. The van der Waals surface area contributed by atoms with Crippen LogP contribution in [-0.4, -0.2) is 33.9 Å². The van der Waals surface area contributed by atoms with E-state index < -0.39 is 4.92 Å². The van der Waals surface area contributed by atoms with Gasteiger partial charge in [-0.05, 0) is 31.4 Å². The lowest BCUT2D eigenvalue weighted by Crippen LogP contribution is -2.42. The van der Waals surface area contributed by atoms with Gasteiger partial charge >= 0.3 is 0 Å². The van der Waals surface area contributed by atoms with Crippen molar-refractivity contribution in [1.82, 2.24) is 15.6 Å². The Hall–Kier alpha value is -2.32. The standard InChI is InChI=1S/C16H16N4O3S/c21-15(19-13-7-10-3-6-12(13)18-10)14-8-17-16(24-14)9-1-4-11(5-2-9)20(22)23/h1-2,4-5,8,10,12-13,18H,3,6-7H2,(H,19,21). The highest BCUT2D eigenvalue weighted by Crippen LogP contribution is 2.30. The minimum absolute atomic E-state index is 0.0389. The second-order valence-electron chi connectivity index (χ2n) is 6.20. The number of thiazole rings is 1. The molecule has 0 spiro atoms. The fourth-order valence-electron chi connectivity index (χ4n) is 3.46. The van der Waals surface area contributed by atoms with Crippen LogP contribution in [0.25, 0.3) is 10.6 Å². The van der Waals surface area contributed by atoms with Crippen LogP contribution < -0.4 is 10.6 Å². The number of nitro groups is 1. The molecule has 0 radical (unpaired) electrons. The molecule has 1 aromatic heterocycles. The molecule has 1 amide bonds. The number of benzene rings is 1. The molecule has 1 aromatic carbocycles. The zero-order chi connectivity index (χ0) is 16.7. The summed E-state index contributed by atoms with van der Waals surface area (Å²) in [6.45, 7) is 0. The lowest BCUT2D eigenvalue weighted by atomic mass is 9.95. The van der Waals surface area contributed by atoms with Crippen molar-refractivity contribution in [2.24, 2.45) is 0 Å². The van der Waals surface area contributed by atoms with Gasteiger partial charge in [0.25, 0.3) is 11.6 Å². The third kappa shape index (κ3) is 2.78. The van der Waals surface area contributed by atoms with Gasteiger partial charge in [-0.3, -0.25) is 14.9 Å². The van der Waals surface area contributed by atoms with Crippen LogP contribution in [0.5, 0.6) is 0 Å². The molecule has 3 heterocycles. The van der Waals surface area contributed by atoms with E-state index in [4.69, 9.17) is 0 Å². The summed E-state index contributed by atoms with van der Waals surface area (Å²) in [5.41, 5.74) is 0.809. The molecule has 2 saturated heterocycles. The van der Waals surface area contributed by atoms with Crippen molar-refractivity contribution < 1.29 is 9.72 Å². The number of carbonyl (C=O) groups excluding carboxylic acids is 1. The third-order valence-corrected chi connectivity index (χ3v) is 5.72. The van der Waals surface area contributed by atoms with Crippen LogP contribution in [-0.2, 0) is 0 Å². The summed E-state index contributed by atoms with van der Waals surface area (Å²) in [5, 5.41) is 18.0. The molecule has 3 unspecified atom stereocenters. The summed E-state index contributed by atoms with van der Waals surface area (Å²) in [4.78, 5) is 27.5. The van der Waals surface area contributed by atoms with Crippen molar-refractivity contribution in [3.05, 3.63) is 45.5 Å². The van der Waals surface area contributed by atoms with E-state index >= 15 is 0 Å². The van der Waals surface area contributed by atoms with E-state index in [-0.39, 0.29) is 17.6 Å². The van der Waals surface area contributed by atoms with E-state index in [0.29, 0.717) is 22.0 Å². The van der Waals surface area contributed by atoms with Gasteiger partial charge in [-0.2, -0.15) is 0 Å². The smallest absolute Gasteiger partial charge is 0.269 e. The number of nitrogens with one attached hydrogen (secondary N) is 2. The zero-order valence-electron chi connectivity index (χ0n) is 12.8. The first-order valence-electron chi connectivity index (χ1n) is 7.88. The lowest BCUT2D eigenvalue weighted by molar-refractivity contribution is -0.384. The molecule has 2 aliphatic heterocycles. The highest BCUT2D eigenvalue weighted by molar-refractivity contribution is 7.16. The van der Waals surface area contributed by atoms with Crippen LogP contribution in [0, 0.1) is 10.1 Å². The Morgan fingerprint density at radius 1 is 1.33 bits per heavy atom. The highest BCUT2D eigenvalue weighted by Gasteiger charge is 2.39. The van der Waals surface area contributed by atoms with Crippen LogP contribution in [0.15, 0.2) is 30.5 Å². The van der Waals surface area contributed by atoms with Crippen molar-refractivity contribution in [3.63, 3.8) is 0 Å². The number of nitro benzene ring substituents is 1. The van der Waals surface area contributed by atoms with Crippen molar-refractivity contribution in [1.29, 1.82) is 0 Å². The SMILES string of the molecule is O=C(NC1CC2CCC1N2)c1cnc(-c2ccc([N+](=O)[O-])cc2)s1. The number of rotatable bonds is 4. The molecule has 2 N–H and O–H groups in total. The number of fused-ring (bicyclic) bond motifs is 2. The number of carbonyl (C=O) groups is 1. The van der Waals surface area contributed by atoms with Crippen molar-refractivity contribution >= 4 is 22.9 Å². The second kappa shape index (κ2) is 5.95. The molecule has 2 aliphatic rings. The Kier molecular flexibility index (Phi) is 3.78. The maximum atomic E-state index is 12.4. The Morgan fingerprint density at radius 3 is 2.75 bits per heavy atom. The fourth-order valence-corrected chi connectivity index (χ4v) is 4.29. The Labute approximate surface area is 142 Å². The van der Waals surface area contributed by atoms with Crippen molar-refractivity contribution in [3.8, 4) is 10.6 Å². The normalized spacial score (nSPS) is 24.9. The Morgan fingerprint density at radius 2 is 2.12 bits per heavy atom. The second-order valence-corrected chi connectivity index (χ2v) is 7.23. The lowest BCUT2D eigenvalue weighted by Gasteiger charge is -2.20. The summed E-state index contributed by atoms with van der Waals surface area (Å²) < 4.78 is 0. The number of non-ortho nitro benzene ring substituents is 1. The molecule has 24 heavy (non-hydrogen) atoms. The van der Waals surface area contributed by atoms with E-state index in [0.717, 1.165) is 18.4 Å². The van der Waals surface area contributed by atoms with Crippen LogP contribution in [0.1, 0.15) is 28.9 Å². The minimum Gasteiger partial charge on any atom is -0.347 e. The zero-order valence-corrected chi connectivity index (χ0v) is 13.6. The van der Waals surface area contributed by atoms with Gasteiger partial charge < -0.3 is 10.6 Å². The van der Waals surface area contributed by atoms with Crippen LogP contribution in [0.4, 0.5) is 5.69 Å². The monoisotopic (exact) mass is 344 g/mol. The molecule has 7 nitrogen and oxygen atoms in total. The molecular weight excluding hydrogens is 328 g/mol. The molecule has 124 valence electrons. The molecular formula is C16H16N4O3S. The number of amides is 1. The van der Waals surface area contributed by atoms with Gasteiger partial charge in [-0.1, -0.05) is 0 Å². The van der Waals surface area contributed by atoms with Gasteiger partial charge in [0, 0.05) is 35.8 Å². The molecule has 2 fully saturated rings. The maximum Gasteiger partial charge on any atom is 0.269 e. The largest absolute Gasteiger partial charge is 0.347 e. The highest BCUT2D eigenvalue weighted by atomic mass is 32.1. The minimum atomic E-state index is -0.437. The Balaban J connectivity index is 1.46. The van der Waals surface area contributed by atoms with Gasteiger partial charge in [0.1, 0.15) is 9.88 Å². The maximum absolute atomic E-state index is 12.4.